The molecule has 1 aliphatic heterocycles. The summed E-state index contributed by atoms with van der Waals surface area (Å²) in [5.41, 5.74) is 0.204. The molecule has 1 saturated heterocycles. The van der Waals surface area contributed by atoms with E-state index in [9.17, 15) is 9.18 Å². The number of hydrogen-bond donors (Lipinski definition) is 1. The minimum atomic E-state index is -0.449. The van der Waals surface area contributed by atoms with Crippen LogP contribution in [-0.4, -0.2) is 18.1 Å². The standard InChI is InChI=1S/C12H14FNO2/c1-8-6-7-11(16-8)12(15)14-10-5-3-2-4-9(10)13/h2-5,8,11H,6-7H2,1H3,(H,14,15)/t8-,11-/m0/s1. The van der Waals surface area contributed by atoms with Crippen LogP contribution in [-0.2, 0) is 9.53 Å². The molecule has 4 heteroatoms. The first-order chi connectivity index (χ1) is 7.66. The molecule has 16 heavy (non-hydrogen) atoms. The molecular weight excluding hydrogens is 209 g/mol. The predicted molar refractivity (Wildman–Crippen MR) is 58.6 cm³/mol. The van der Waals surface area contributed by atoms with Crippen LogP contribution < -0.4 is 5.32 Å². The van der Waals surface area contributed by atoms with Gasteiger partial charge in [0, 0.05) is 0 Å². The minimum absolute atomic E-state index is 0.108. The molecule has 1 N–H and O–H groups in total. The summed E-state index contributed by atoms with van der Waals surface area (Å²) in [6, 6.07) is 6.11. The topological polar surface area (TPSA) is 38.3 Å². The highest BCUT2D eigenvalue weighted by atomic mass is 19.1. The third-order valence-corrected chi connectivity index (χ3v) is 2.66. The zero-order valence-corrected chi connectivity index (χ0v) is 9.07. The number of para-hydroxylation sites is 1. The van der Waals surface area contributed by atoms with Crippen LogP contribution in [0.1, 0.15) is 19.8 Å². The number of halogens is 1. The maximum atomic E-state index is 13.3. The van der Waals surface area contributed by atoms with Crippen molar-refractivity contribution in [2.45, 2.75) is 32.0 Å². The van der Waals surface area contributed by atoms with Crippen LogP contribution in [0, 0.1) is 5.82 Å². The molecule has 2 rings (SSSR count). The molecule has 86 valence electrons. The van der Waals surface area contributed by atoms with E-state index in [2.05, 4.69) is 5.32 Å². The number of anilines is 1. The quantitative estimate of drug-likeness (QED) is 0.835. The predicted octanol–water partition coefficient (Wildman–Crippen LogP) is 2.33. The highest BCUT2D eigenvalue weighted by Gasteiger charge is 2.28. The Kier molecular flexibility index (Phi) is 3.19. The highest BCUT2D eigenvalue weighted by Crippen LogP contribution is 2.21. The Balaban J connectivity index is 2.00. The number of nitrogens with one attached hydrogen (secondary N) is 1. The van der Waals surface area contributed by atoms with E-state index < -0.39 is 11.9 Å². The molecule has 0 unspecified atom stereocenters. The maximum absolute atomic E-state index is 13.3. The average Bonchev–Trinajstić information content (AvgIpc) is 2.68. The molecule has 1 aliphatic rings. The van der Waals surface area contributed by atoms with Gasteiger partial charge in [-0.05, 0) is 31.9 Å². The van der Waals surface area contributed by atoms with Gasteiger partial charge in [-0.15, -0.1) is 0 Å². The Hall–Kier alpha value is -1.42. The lowest BCUT2D eigenvalue weighted by Gasteiger charge is -2.11. The molecule has 0 aliphatic carbocycles. The van der Waals surface area contributed by atoms with Gasteiger partial charge in [0.2, 0.25) is 0 Å². The largest absolute Gasteiger partial charge is 0.365 e. The Morgan fingerprint density at radius 3 is 2.81 bits per heavy atom. The summed E-state index contributed by atoms with van der Waals surface area (Å²) < 4.78 is 18.7. The van der Waals surface area contributed by atoms with E-state index in [1.807, 2.05) is 6.92 Å². The molecule has 2 atom stereocenters. The Labute approximate surface area is 93.6 Å². The minimum Gasteiger partial charge on any atom is -0.365 e. The molecule has 1 aromatic carbocycles. The Morgan fingerprint density at radius 2 is 2.19 bits per heavy atom. The van der Waals surface area contributed by atoms with E-state index in [1.165, 1.54) is 12.1 Å². The van der Waals surface area contributed by atoms with Gasteiger partial charge in [-0.3, -0.25) is 4.79 Å². The molecule has 1 aromatic rings. The summed E-state index contributed by atoms with van der Waals surface area (Å²) >= 11 is 0. The van der Waals surface area contributed by atoms with Gasteiger partial charge in [0.25, 0.3) is 5.91 Å². The van der Waals surface area contributed by atoms with Crippen molar-refractivity contribution in [1.82, 2.24) is 0 Å². The van der Waals surface area contributed by atoms with E-state index >= 15 is 0 Å². The first kappa shape index (κ1) is 11.1. The summed E-state index contributed by atoms with van der Waals surface area (Å²) in [5.74, 6) is -0.698. The van der Waals surface area contributed by atoms with E-state index in [0.29, 0.717) is 6.42 Å². The fourth-order valence-electron chi connectivity index (χ4n) is 1.77. The third kappa shape index (κ3) is 2.39. The molecule has 0 spiro atoms. The zero-order chi connectivity index (χ0) is 11.5. The van der Waals surface area contributed by atoms with Gasteiger partial charge in [0.1, 0.15) is 11.9 Å². The first-order valence-corrected chi connectivity index (χ1v) is 5.37. The van der Waals surface area contributed by atoms with Crippen molar-refractivity contribution in [3.8, 4) is 0 Å². The van der Waals surface area contributed by atoms with E-state index in [1.54, 1.807) is 12.1 Å². The van der Waals surface area contributed by atoms with Gasteiger partial charge in [-0.1, -0.05) is 12.1 Å². The van der Waals surface area contributed by atoms with Crippen LogP contribution in [0.15, 0.2) is 24.3 Å². The van der Waals surface area contributed by atoms with E-state index in [0.717, 1.165) is 6.42 Å². The van der Waals surface area contributed by atoms with Crippen LogP contribution >= 0.6 is 0 Å². The van der Waals surface area contributed by atoms with Crippen LogP contribution in [0.3, 0.4) is 0 Å². The summed E-state index contributed by atoms with van der Waals surface area (Å²) in [4.78, 5) is 11.7. The Bertz CT molecular complexity index is 394. The normalized spacial score (nSPS) is 24.4. The van der Waals surface area contributed by atoms with E-state index in [4.69, 9.17) is 4.74 Å². The van der Waals surface area contributed by atoms with Gasteiger partial charge in [-0.25, -0.2) is 4.39 Å². The molecule has 0 aromatic heterocycles. The Morgan fingerprint density at radius 1 is 1.44 bits per heavy atom. The van der Waals surface area contributed by atoms with Crippen molar-refractivity contribution >= 4 is 11.6 Å². The van der Waals surface area contributed by atoms with Crippen LogP contribution in [0.2, 0.25) is 0 Å². The number of hydrogen-bond acceptors (Lipinski definition) is 2. The summed E-state index contributed by atoms with van der Waals surface area (Å²) in [6.07, 6.45) is 1.22. The summed E-state index contributed by atoms with van der Waals surface area (Å²) in [5, 5.41) is 2.53. The second-order valence-electron chi connectivity index (χ2n) is 3.98. The van der Waals surface area contributed by atoms with Gasteiger partial charge in [-0.2, -0.15) is 0 Å². The number of carbonyl (C=O) groups is 1. The smallest absolute Gasteiger partial charge is 0.253 e. The molecule has 0 saturated carbocycles. The van der Waals surface area contributed by atoms with Crippen molar-refractivity contribution in [2.24, 2.45) is 0 Å². The van der Waals surface area contributed by atoms with Gasteiger partial charge >= 0.3 is 0 Å². The van der Waals surface area contributed by atoms with Gasteiger partial charge < -0.3 is 10.1 Å². The van der Waals surface area contributed by atoms with Crippen LogP contribution in [0.4, 0.5) is 10.1 Å². The fraction of sp³-hybridized carbons (Fsp3) is 0.417. The van der Waals surface area contributed by atoms with E-state index in [-0.39, 0.29) is 17.7 Å². The molecule has 1 amide bonds. The fourth-order valence-corrected chi connectivity index (χ4v) is 1.77. The van der Waals surface area contributed by atoms with Crippen LogP contribution in [0.25, 0.3) is 0 Å². The number of ether oxygens (including phenoxy) is 1. The van der Waals surface area contributed by atoms with Crippen molar-refractivity contribution < 1.29 is 13.9 Å². The van der Waals surface area contributed by atoms with Crippen molar-refractivity contribution in [3.05, 3.63) is 30.1 Å². The van der Waals surface area contributed by atoms with Gasteiger partial charge in [0.05, 0.1) is 11.8 Å². The van der Waals surface area contributed by atoms with Crippen LogP contribution in [0.5, 0.6) is 0 Å². The van der Waals surface area contributed by atoms with Crippen molar-refractivity contribution in [2.75, 3.05) is 5.32 Å². The molecule has 0 bridgehead atoms. The van der Waals surface area contributed by atoms with Crippen molar-refractivity contribution in [3.63, 3.8) is 0 Å². The molecule has 1 fully saturated rings. The molecule has 0 radical (unpaired) electrons. The molecule has 3 nitrogen and oxygen atoms in total. The number of benzene rings is 1. The molecular formula is C12H14FNO2. The second kappa shape index (κ2) is 4.61. The lowest BCUT2D eigenvalue weighted by Crippen LogP contribution is -2.28. The number of carbonyl (C=O) groups excluding carboxylic acids is 1. The molecule has 1 heterocycles. The number of amides is 1. The number of rotatable bonds is 2. The van der Waals surface area contributed by atoms with Crippen molar-refractivity contribution in [1.29, 1.82) is 0 Å². The monoisotopic (exact) mass is 223 g/mol. The van der Waals surface area contributed by atoms with Gasteiger partial charge in [0.15, 0.2) is 0 Å². The second-order valence-corrected chi connectivity index (χ2v) is 3.98. The lowest BCUT2D eigenvalue weighted by atomic mass is 10.2. The third-order valence-electron chi connectivity index (χ3n) is 2.66. The highest BCUT2D eigenvalue weighted by molar-refractivity contribution is 5.94. The average molecular weight is 223 g/mol. The maximum Gasteiger partial charge on any atom is 0.253 e. The zero-order valence-electron chi connectivity index (χ0n) is 9.07. The summed E-state index contributed by atoms with van der Waals surface area (Å²) in [7, 11) is 0. The summed E-state index contributed by atoms with van der Waals surface area (Å²) in [6.45, 7) is 1.93. The SMILES string of the molecule is C[C@H]1CC[C@@H](C(=O)Nc2ccccc2F)O1. The lowest BCUT2D eigenvalue weighted by molar-refractivity contribution is -0.126. The first-order valence-electron chi connectivity index (χ1n) is 5.37.